The van der Waals surface area contributed by atoms with Crippen LogP contribution in [0.25, 0.3) is 0 Å². The molecule has 0 N–H and O–H groups in total. The highest BCUT2D eigenvalue weighted by Gasteiger charge is 2.32. The van der Waals surface area contributed by atoms with Crippen LogP contribution >= 0.6 is 11.6 Å². The van der Waals surface area contributed by atoms with E-state index in [1.807, 2.05) is 6.92 Å². The van der Waals surface area contributed by atoms with Gasteiger partial charge in [0.2, 0.25) is 0 Å². The molecule has 0 spiro atoms. The molecule has 0 aliphatic carbocycles. The monoisotopic (exact) mass is 211 g/mol. The van der Waals surface area contributed by atoms with Crippen LogP contribution in [-0.4, -0.2) is 21.5 Å². The SMILES string of the molecule is CC1(Cl)CCCCN1c1cnccn1. The zero-order chi connectivity index (χ0) is 10.0. The van der Waals surface area contributed by atoms with Gasteiger partial charge in [-0.25, -0.2) is 4.98 Å². The Balaban J connectivity index is 2.24. The number of rotatable bonds is 1. The molecular formula is C10H14ClN3. The van der Waals surface area contributed by atoms with Crippen molar-refractivity contribution in [2.75, 3.05) is 11.4 Å². The smallest absolute Gasteiger partial charge is 0.148 e. The Morgan fingerprint density at radius 2 is 2.29 bits per heavy atom. The third kappa shape index (κ3) is 1.82. The Kier molecular flexibility index (Phi) is 2.59. The zero-order valence-corrected chi connectivity index (χ0v) is 9.04. The van der Waals surface area contributed by atoms with Crippen molar-refractivity contribution in [2.45, 2.75) is 31.2 Å². The molecule has 0 radical (unpaired) electrons. The van der Waals surface area contributed by atoms with Crippen LogP contribution in [0.4, 0.5) is 5.82 Å². The summed E-state index contributed by atoms with van der Waals surface area (Å²) in [5.41, 5.74) is 0. The fraction of sp³-hybridized carbons (Fsp3) is 0.600. The Hall–Kier alpha value is -0.830. The first kappa shape index (κ1) is 9.71. The summed E-state index contributed by atoms with van der Waals surface area (Å²) < 4.78 is 0. The van der Waals surface area contributed by atoms with E-state index >= 15 is 0 Å². The lowest BCUT2D eigenvalue weighted by molar-refractivity contribution is 0.438. The highest BCUT2D eigenvalue weighted by molar-refractivity contribution is 6.25. The van der Waals surface area contributed by atoms with Gasteiger partial charge in [-0.2, -0.15) is 0 Å². The van der Waals surface area contributed by atoms with Gasteiger partial charge in [-0.3, -0.25) is 4.98 Å². The predicted molar refractivity (Wildman–Crippen MR) is 57.5 cm³/mol. The van der Waals surface area contributed by atoms with Crippen LogP contribution in [0.1, 0.15) is 26.2 Å². The van der Waals surface area contributed by atoms with Crippen molar-refractivity contribution >= 4 is 17.4 Å². The number of aromatic nitrogens is 2. The van der Waals surface area contributed by atoms with Gasteiger partial charge in [0.15, 0.2) is 0 Å². The molecule has 1 unspecified atom stereocenters. The lowest BCUT2D eigenvalue weighted by atomic mass is 10.0. The normalized spacial score (nSPS) is 27.7. The third-order valence-electron chi connectivity index (χ3n) is 2.65. The number of alkyl halides is 1. The van der Waals surface area contributed by atoms with E-state index in [9.17, 15) is 0 Å². The van der Waals surface area contributed by atoms with E-state index in [0.717, 1.165) is 18.8 Å². The van der Waals surface area contributed by atoms with Crippen molar-refractivity contribution < 1.29 is 0 Å². The largest absolute Gasteiger partial charge is 0.337 e. The highest BCUT2D eigenvalue weighted by atomic mass is 35.5. The topological polar surface area (TPSA) is 29.0 Å². The maximum absolute atomic E-state index is 6.43. The number of hydrogen-bond donors (Lipinski definition) is 0. The standard InChI is InChI=1S/C10H14ClN3/c1-10(11)4-2-3-7-14(10)9-8-12-5-6-13-9/h5-6,8H,2-4,7H2,1H3. The number of halogens is 1. The molecule has 1 atom stereocenters. The number of nitrogens with zero attached hydrogens (tertiary/aromatic N) is 3. The van der Waals surface area contributed by atoms with Gasteiger partial charge in [0.1, 0.15) is 10.8 Å². The number of hydrogen-bond acceptors (Lipinski definition) is 3. The van der Waals surface area contributed by atoms with E-state index in [1.54, 1.807) is 18.6 Å². The van der Waals surface area contributed by atoms with Crippen molar-refractivity contribution in [3.05, 3.63) is 18.6 Å². The summed E-state index contributed by atoms with van der Waals surface area (Å²) in [6.45, 7) is 3.01. The maximum atomic E-state index is 6.43. The van der Waals surface area contributed by atoms with Crippen LogP contribution in [0.5, 0.6) is 0 Å². The van der Waals surface area contributed by atoms with Crippen LogP contribution in [0.2, 0.25) is 0 Å². The zero-order valence-electron chi connectivity index (χ0n) is 8.28. The van der Waals surface area contributed by atoms with Crippen molar-refractivity contribution in [3.63, 3.8) is 0 Å². The van der Waals surface area contributed by atoms with Crippen molar-refractivity contribution in [1.82, 2.24) is 9.97 Å². The van der Waals surface area contributed by atoms with Crippen molar-refractivity contribution in [3.8, 4) is 0 Å². The minimum Gasteiger partial charge on any atom is -0.337 e. The highest BCUT2D eigenvalue weighted by Crippen LogP contribution is 2.34. The number of anilines is 1. The lowest BCUT2D eigenvalue weighted by Gasteiger charge is -2.40. The Bertz CT molecular complexity index is 299. The average molecular weight is 212 g/mol. The lowest BCUT2D eigenvalue weighted by Crippen LogP contribution is -2.46. The molecule has 1 aromatic rings. The van der Waals surface area contributed by atoms with Gasteiger partial charge in [0, 0.05) is 18.9 Å². The van der Waals surface area contributed by atoms with Gasteiger partial charge in [0.05, 0.1) is 6.20 Å². The predicted octanol–water partition coefficient (Wildman–Crippen LogP) is 2.42. The molecule has 1 fully saturated rings. The molecule has 0 saturated carbocycles. The molecule has 3 nitrogen and oxygen atoms in total. The summed E-state index contributed by atoms with van der Waals surface area (Å²) in [5, 5.41) is 0. The van der Waals surface area contributed by atoms with Gasteiger partial charge in [-0.05, 0) is 26.2 Å². The second kappa shape index (κ2) is 3.73. The molecule has 0 aromatic carbocycles. The van der Waals surface area contributed by atoms with Gasteiger partial charge in [-0.1, -0.05) is 11.6 Å². The summed E-state index contributed by atoms with van der Waals surface area (Å²) in [7, 11) is 0. The Labute approximate surface area is 89.1 Å². The molecule has 1 aromatic heterocycles. The first-order valence-corrected chi connectivity index (χ1v) is 5.30. The maximum Gasteiger partial charge on any atom is 0.148 e. The summed E-state index contributed by atoms with van der Waals surface area (Å²) in [5.74, 6) is 0.879. The first-order chi connectivity index (χ1) is 6.70. The molecule has 2 heterocycles. The fourth-order valence-electron chi connectivity index (χ4n) is 1.87. The van der Waals surface area contributed by atoms with Crippen LogP contribution in [0.3, 0.4) is 0 Å². The Morgan fingerprint density at radius 3 is 2.93 bits per heavy atom. The summed E-state index contributed by atoms with van der Waals surface area (Å²) >= 11 is 6.43. The summed E-state index contributed by atoms with van der Waals surface area (Å²) in [6, 6.07) is 0. The molecule has 0 amide bonds. The molecule has 0 bridgehead atoms. The molecule has 2 rings (SSSR count). The molecule has 4 heteroatoms. The van der Waals surface area contributed by atoms with E-state index in [0.29, 0.717) is 0 Å². The fourth-order valence-corrected chi connectivity index (χ4v) is 2.17. The van der Waals surface area contributed by atoms with E-state index < -0.39 is 0 Å². The third-order valence-corrected chi connectivity index (χ3v) is 3.05. The second-order valence-electron chi connectivity index (χ2n) is 3.81. The van der Waals surface area contributed by atoms with E-state index in [4.69, 9.17) is 11.6 Å². The molecule has 1 saturated heterocycles. The van der Waals surface area contributed by atoms with E-state index in [1.165, 1.54) is 12.8 Å². The van der Waals surface area contributed by atoms with E-state index in [2.05, 4.69) is 14.9 Å². The summed E-state index contributed by atoms with van der Waals surface area (Å²) in [6.07, 6.45) is 8.53. The molecule has 1 aliphatic heterocycles. The van der Waals surface area contributed by atoms with Crippen LogP contribution in [-0.2, 0) is 0 Å². The molecule has 1 aliphatic rings. The molecular weight excluding hydrogens is 198 g/mol. The second-order valence-corrected chi connectivity index (χ2v) is 4.63. The van der Waals surface area contributed by atoms with Crippen molar-refractivity contribution in [2.24, 2.45) is 0 Å². The Morgan fingerprint density at radius 1 is 1.43 bits per heavy atom. The van der Waals surface area contributed by atoms with Gasteiger partial charge in [0.25, 0.3) is 0 Å². The minimum absolute atomic E-state index is 0.297. The van der Waals surface area contributed by atoms with Crippen molar-refractivity contribution in [1.29, 1.82) is 0 Å². The molecule has 76 valence electrons. The van der Waals surface area contributed by atoms with Gasteiger partial charge >= 0.3 is 0 Å². The van der Waals surface area contributed by atoms with Crippen LogP contribution in [0.15, 0.2) is 18.6 Å². The molecule has 14 heavy (non-hydrogen) atoms. The van der Waals surface area contributed by atoms with Crippen LogP contribution < -0.4 is 4.90 Å². The van der Waals surface area contributed by atoms with Gasteiger partial charge < -0.3 is 4.90 Å². The minimum atomic E-state index is -0.297. The van der Waals surface area contributed by atoms with E-state index in [-0.39, 0.29) is 5.00 Å². The van der Waals surface area contributed by atoms with Crippen LogP contribution in [0, 0.1) is 0 Å². The van der Waals surface area contributed by atoms with Gasteiger partial charge in [-0.15, -0.1) is 0 Å². The summed E-state index contributed by atoms with van der Waals surface area (Å²) in [4.78, 5) is 10.2. The first-order valence-electron chi connectivity index (χ1n) is 4.93. The number of piperidine rings is 1. The quantitative estimate of drug-likeness (QED) is 0.528. The average Bonchev–Trinajstić information content (AvgIpc) is 2.18.